The van der Waals surface area contributed by atoms with Crippen molar-refractivity contribution in [3.05, 3.63) is 66.2 Å². The second-order valence-corrected chi connectivity index (χ2v) is 4.73. The van der Waals surface area contributed by atoms with E-state index in [9.17, 15) is 14.7 Å². The van der Waals surface area contributed by atoms with Gasteiger partial charge in [0.05, 0.1) is 12.0 Å². The van der Waals surface area contributed by atoms with Crippen LogP contribution in [0.15, 0.2) is 60.7 Å². The molecule has 0 aliphatic carbocycles. The molecule has 0 aliphatic heterocycles. The predicted octanol–water partition coefficient (Wildman–Crippen LogP) is 0.543. The van der Waals surface area contributed by atoms with Crippen molar-refractivity contribution in [2.24, 2.45) is 0 Å². The second-order valence-electron chi connectivity index (χ2n) is 4.73. The van der Waals surface area contributed by atoms with Crippen molar-refractivity contribution >= 4 is 11.9 Å². The van der Waals surface area contributed by atoms with Crippen molar-refractivity contribution in [1.82, 2.24) is 5.32 Å². The maximum Gasteiger partial charge on any atom is 0.258 e. The number of carboxylic acids is 1. The summed E-state index contributed by atoms with van der Waals surface area (Å²) in [7, 11) is 0. The molecule has 0 spiro atoms. The van der Waals surface area contributed by atoms with E-state index < -0.39 is 17.9 Å². The van der Waals surface area contributed by atoms with Crippen LogP contribution in [-0.2, 0) is 16.0 Å². The summed E-state index contributed by atoms with van der Waals surface area (Å²) in [4.78, 5) is 22.9. The molecule has 5 nitrogen and oxygen atoms in total. The molecule has 2 rings (SSSR count). The third-order valence-corrected chi connectivity index (χ3v) is 3.02. The van der Waals surface area contributed by atoms with Crippen LogP contribution in [0.1, 0.15) is 5.56 Å². The van der Waals surface area contributed by atoms with Crippen molar-refractivity contribution in [3.63, 3.8) is 0 Å². The first-order valence-electron chi connectivity index (χ1n) is 6.87. The van der Waals surface area contributed by atoms with Crippen LogP contribution in [0.25, 0.3) is 0 Å². The molecule has 1 N–H and O–H groups in total. The van der Waals surface area contributed by atoms with Crippen molar-refractivity contribution < 1.29 is 19.4 Å². The Morgan fingerprint density at radius 1 is 1.00 bits per heavy atom. The van der Waals surface area contributed by atoms with E-state index in [0.717, 1.165) is 5.56 Å². The molecule has 0 bridgehead atoms. The van der Waals surface area contributed by atoms with E-state index in [-0.39, 0.29) is 13.0 Å². The van der Waals surface area contributed by atoms with Crippen molar-refractivity contribution in [1.29, 1.82) is 0 Å². The largest absolute Gasteiger partial charge is 0.548 e. The van der Waals surface area contributed by atoms with Crippen molar-refractivity contribution in [3.8, 4) is 5.75 Å². The van der Waals surface area contributed by atoms with Crippen molar-refractivity contribution in [2.75, 3.05) is 6.61 Å². The lowest BCUT2D eigenvalue weighted by Crippen LogP contribution is -2.50. The minimum Gasteiger partial charge on any atom is -0.548 e. The Morgan fingerprint density at radius 3 is 2.18 bits per heavy atom. The minimum absolute atomic E-state index is 0.167. The van der Waals surface area contributed by atoms with Gasteiger partial charge in [0.2, 0.25) is 0 Å². The molecule has 0 aromatic heterocycles. The zero-order valence-electron chi connectivity index (χ0n) is 11.9. The molecule has 5 heteroatoms. The summed E-state index contributed by atoms with van der Waals surface area (Å²) in [6.07, 6.45) is 0.167. The number of carbonyl (C=O) groups excluding carboxylic acids is 2. The molecule has 1 amide bonds. The Labute approximate surface area is 128 Å². The van der Waals surface area contributed by atoms with Crippen LogP contribution in [0, 0.1) is 0 Å². The summed E-state index contributed by atoms with van der Waals surface area (Å²) in [6.45, 7) is -0.247. The molecule has 22 heavy (non-hydrogen) atoms. The molecule has 2 aromatic rings. The lowest BCUT2D eigenvalue weighted by Gasteiger charge is -2.20. The van der Waals surface area contributed by atoms with E-state index in [0.29, 0.717) is 5.75 Å². The zero-order chi connectivity index (χ0) is 15.8. The van der Waals surface area contributed by atoms with E-state index in [2.05, 4.69) is 5.32 Å². The molecule has 0 saturated carbocycles. The van der Waals surface area contributed by atoms with Crippen LogP contribution < -0.4 is 15.2 Å². The molecular formula is C17H16NO4-. The van der Waals surface area contributed by atoms with Gasteiger partial charge in [0.15, 0.2) is 6.61 Å². The molecule has 0 fully saturated rings. The van der Waals surface area contributed by atoms with E-state index in [4.69, 9.17) is 4.74 Å². The van der Waals surface area contributed by atoms with Gasteiger partial charge in [-0.1, -0.05) is 48.5 Å². The van der Waals surface area contributed by atoms with Gasteiger partial charge < -0.3 is 20.0 Å². The lowest BCUT2D eigenvalue weighted by atomic mass is 10.1. The van der Waals surface area contributed by atoms with Gasteiger partial charge in [-0.15, -0.1) is 0 Å². The highest BCUT2D eigenvalue weighted by molar-refractivity contribution is 5.83. The summed E-state index contributed by atoms with van der Waals surface area (Å²) >= 11 is 0. The molecule has 114 valence electrons. The fourth-order valence-corrected chi connectivity index (χ4v) is 1.94. The minimum atomic E-state index is -1.32. The number of para-hydroxylation sites is 1. The number of rotatable bonds is 7. The Hall–Kier alpha value is -2.82. The molecule has 2 aromatic carbocycles. The van der Waals surface area contributed by atoms with Gasteiger partial charge in [-0.2, -0.15) is 0 Å². The monoisotopic (exact) mass is 298 g/mol. The molecule has 0 unspecified atom stereocenters. The highest BCUT2D eigenvalue weighted by Gasteiger charge is 2.14. The molecule has 1 atom stereocenters. The van der Waals surface area contributed by atoms with Crippen LogP contribution in [0.4, 0.5) is 0 Å². The predicted molar refractivity (Wildman–Crippen MR) is 79.0 cm³/mol. The number of carbonyl (C=O) groups is 2. The number of ether oxygens (including phenoxy) is 1. The smallest absolute Gasteiger partial charge is 0.258 e. The number of carboxylic acid groups (broad SMARTS) is 1. The van der Waals surface area contributed by atoms with E-state index >= 15 is 0 Å². The van der Waals surface area contributed by atoms with Gasteiger partial charge in [-0.25, -0.2) is 0 Å². The molecule has 0 saturated heterocycles. The number of aliphatic carboxylic acids is 1. The summed E-state index contributed by atoms with van der Waals surface area (Å²) in [6, 6.07) is 16.8. The third kappa shape index (κ3) is 4.94. The first kappa shape index (κ1) is 15.6. The Kier molecular flexibility index (Phi) is 5.54. The van der Waals surface area contributed by atoms with Gasteiger partial charge in [-0.3, -0.25) is 4.79 Å². The molecular weight excluding hydrogens is 282 g/mol. The number of nitrogens with one attached hydrogen (secondary N) is 1. The quantitative estimate of drug-likeness (QED) is 0.809. The van der Waals surface area contributed by atoms with Gasteiger partial charge in [0.1, 0.15) is 5.75 Å². The van der Waals surface area contributed by atoms with Gasteiger partial charge in [-0.05, 0) is 24.1 Å². The SMILES string of the molecule is O=C(COc1ccccc1)N[C@@H](Cc1ccccc1)C(=O)[O-]. The number of benzene rings is 2. The van der Waals surface area contributed by atoms with Crippen LogP contribution in [0.3, 0.4) is 0 Å². The van der Waals surface area contributed by atoms with Crippen LogP contribution in [0.2, 0.25) is 0 Å². The summed E-state index contributed by atoms with van der Waals surface area (Å²) in [5.41, 5.74) is 0.806. The highest BCUT2D eigenvalue weighted by Crippen LogP contribution is 2.08. The summed E-state index contributed by atoms with van der Waals surface area (Å²) in [5.74, 6) is -1.28. The van der Waals surface area contributed by atoms with Gasteiger partial charge >= 0.3 is 0 Å². The topological polar surface area (TPSA) is 78.5 Å². The zero-order valence-corrected chi connectivity index (χ0v) is 11.9. The Balaban J connectivity index is 1.88. The van der Waals surface area contributed by atoms with E-state index in [1.807, 2.05) is 24.3 Å². The van der Waals surface area contributed by atoms with Crippen LogP contribution in [0.5, 0.6) is 5.75 Å². The second kappa shape index (κ2) is 7.83. The fourth-order valence-electron chi connectivity index (χ4n) is 1.94. The van der Waals surface area contributed by atoms with Crippen molar-refractivity contribution in [2.45, 2.75) is 12.5 Å². The van der Waals surface area contributed by atoms with Crippen LogP contribution in [-0.4, -0.2) is 24.5 Å². The standard InChI is InChI=1S/C17H17NO4/c19-16(12-22-14-9-5-2-6-10-14)18-15(17(20)21)11-13-7-3-1-4-8-13/h1-10,15H,11-12H2,(H,18,19)(H,20,21)/p-1/t15-/m0/s1. The Bertz CT molecular complexity index is 613. The molecule has 0 radical (unpaired) electrons. The van der Waals surface area contributed by atoms with E-state index in [1.54, 1.807) is 36.4 Å². The maximum atomic E-state index is 11.8. The van der Waals surface area contributed by atoms with Crippen LogP contribution >= 0.6 is 0 Å². The number of amides is 1. The lowest BCUT2D eigenvalue weighted by molar-refractivity contribution is -0.308. The average Bonchev–Trinajstić information content (AvgIpc) is 2.54. The Morgan fingerprint density at radius 2 is 1.59 bits per heavy atom. The van der Waals surface area contributed by atoms with Gasteiger partial charge in [0, 0.05) is 0 Å². The van der Waals surface area contributed by atoms with E-state index in [1.165, 1.54) is 0 Å². The fraction of sp³-hybridized carbons (Fsp3) is 0.176. The summed E-state index contributed by atoms with van der Waals surface area (Å²) in [5, 5.41) is 13.6. The molecule has 0 heterocycles. The number of hydrogen-bond acceptors (Lipinski definition) is 4. The van der Waals surface area contributed by atoms with Gasteiger partial charge in [0.25, 0.3) is 5.91 Å². The molecule has 0 aliphatic rings. The average molecular weight is 298 g/mol. The normalized spacial score (nSPS) is 11.5. The highest BCUT2D eigenvalue weighted by atomic mass is 16.5. The maximum absolute atomic E-state index is 11.8. The first-order valence-corrected chi connectivity index (χ1v) is 6.87. The summed E-state index contributed by atoms with van der Waals surface area (Å²) < 4.78 is 5.27. The number of hydrogen-bond donors (Lipinski definition) is 1. The first-order chi connectivity index (χ1) is 10.6. The third-order valence-electron chi connectivity index (χ3n) is 3.02.